The number of hydrogen-bond acceptors (Lipinski definition) is 12. The number of carbonyl (C=O) groups is 5. The van der Waals surface area contributed by atoms with Gasteiger partial charge in [-0.3, -0.25) is 19.3 Å². The van der Waals surface area contributed by atoms with Crippen LogP contribution in [0.3, 0.4) is 0 Å². The first-order valence-electron chi connectivity index (χ1n) is 9.07. The van der Waals surface area contributed by atoms with Crippen LogP contribution in [0, 0.1) is 0 Å². The number of nitrogens with zero attached hydrogens (tertiary/aromatic N) is 3. The van der Waals surface area contributed by atoms with Crippen LogP contribution in [0.2, 0.25) is 0 Å². The number of nitrogen functional groups attached to an aromatic ring is 1. The van der Waals surface area contributed by atoms with Crippen molar-refractivity contribution in [1.29, 1.82) is 0 Å². The molecule has 3 rings (SSSR count). The van der Waals surface area contributed by atoms with E-state index in [9.17, 15) is 29.1 Å². The lowest BCUT2D eigenvalue weighted by Gasteiger charge is -2.49. The number of thiazole rings is 1. The monoisotopic (exact) mass is 499 g/mol. The largest absolute Gasteiger partial charge is 0.479 e. The SMILES string of the molecule is CC(=O)OCC1=C(C(=O)O)N2C(=O)C(NC(=O)C(=NOCC(=O)O)c3csc(N)n3)[C@@H]2SC1. The van der Waals surface area contributed by atoms with E-state index in [1.165, 1.54) is 24.1 Å². The van der Waals surface area contributed by atoms with Crippen LogP contribution in [0.25, 0.3) is 0 Å². The van der Waals surface area contributed by atoms with Crippen LogP contribution in [-0.2, 0) is 33.5 Å². The van der Waals surface area contributed by atoms with Crippen molar-refractivity contribution >= 4 is 63.7 Å². The number of carbonyl (C=O) groups excluding carboxylic acids is 3. The summed E-state index contributed by atoms with van der Waals surface area (Å²) < 4.78 is 4.86. The molecule has 0 aromatic carbocycles. The maximum Gasteiger partial charge on any atom is 0.352 e. The van der Waals surface area contributed by atoms with Crippen LogP contribution in [-0.4, -0.2) is 85.9 Å². The van der Waals surface area contributed by atoms with Gasteiger partial charge in [0.05, 0.1) is 0 Å². The third-order valence-electron chi connectivity index (χ3n) is 4.31. The second-order valence-corrected chi connectivity index (χ2v) is 8.57. The molecule has 0 radical (unpaired) electrons. The molecule has 14 nitrogen and oxygen atoms in total. The smallest absolute Gasteiger partial charge is 0.352 e. The quantitative estimate of drug-likeness (QED) is 0.137. The number of aliphatic carboxylic acids is 2. The van der Waals surface area contributed by atoms with Gasteiger partial charge in [0, 0.05) is 23.6 Å². The Kier molecular flexibility index (Phi) is 7.17. The van der Waals surface area contributed by atoms with Crippen LogP contribution in [0.5, 0.6) is 0 Å². The molecule has 176 valence electrons. The number of carboxylic acid groups (broad SMARTS) is 2. The summed E-state index contributed by atoms with van der Waals surface area (Å²) >= 11 is 2.18. The molecule has 1 aromatic heterocycles. The maximum atomic E-state index is 12.8. The normalized spacial score (nSPS) is 20.0. The van der Waals surface area contributed by atoms with Crippen molar-refractivity contribution in [2.24, 2.45) is 5.16 Å². The molecule has 0 spiro atoms. The van der Waals surface area contributed by atoms with Gasteiger partial charge in [-0.05, 0) is 0 Å². The highest BCUT2D eigenvalue weighted by Gasteiger charge is 2.54. The Morgan fingerprint density at radius 3 is 2.67 bits per heavy atom. The summed E-state index contributed by atoms with van der Waals surface area (Å²) in [7, 11) is 0. The van der Waals surface area contributed by atoms with Gasteiger partial charge in [-0.15, -0.1) is 23.1 Å². The van der Waals surface area contributed by atoms with Crippen molar-refractivity contribution in [3.8, 4) is 0 Å². The number of fused-ring (bicyclic) bond motifs is 1. The fourth-order valence-electron chi connectivity index (χ4n) is 2.95. The van der Waals surface area contributed by atoms with Crippen molar-refractivity contribution in [3.05, 3.63) is 22.3 Å². The van der Waals surface area contributed by atoms with Gasteiger partial charge in [0.2, 0.25) is 6.61 Å². The summed E-state index contributed by atoms with van der Waals surface area (Å²) in [6.07, 6.45) is 0. The Balaban J connectivity index is 1.78. The summed E-state index contributed by atoms with van der Waals surface area (Å²) in [5.74, 6) is -4.72. The fourth-order valence-corrected chi connectivity index (χ4v) is 4.82. The van der Waals surface area contributed by atoms with Crippen LogP contribution in [0.4, 0.5) is 5.13 Å². The van der Waals surface area contributed by atoms with Gasteiger partial charge in [-0.25, -0.2) is 14.6 Å². The van der Waals surface area contributed by atoms with Crippen LogP contribution < -0.4 is 11.1 Å². The molecule has 1 unspecified atom stereocenters. The first kappa shape index (κ1) is 24.0. The maximum absolute atomic E-state index is 12.8. The molecule has 0 bridgehead atoms. The second-order valence-electron chi connectivity index (χ2n) is 6.58. The van der Waals surface area contributed by atoms with Crippen molar-refractivity contribution < 1.29 is 43.8 Å². The zero-order valence-electron chi connectivity index (χ0n) is 16.8. The predicted molar refractivity (Wildman–Crippen MR) is 113 cm³/mol. The van der Waals surface area contributed by atoms with Crippen molar-refractivity contribution in [2.75, 3.05) is 24.7 Å². The van der Waals surface area contributed by atoms with Gasteiger partial charge >= 0.3 is 17.9 Å². The van der Waals surface area contributed by atoms with E-state index in [0.29, 0.717) is 0 Å². The van der Waals surface area contributed by atoms with Gasteiger partial charge in [-0.1, -0.05) is 5.16 Å². The fraction of sp³-hybridized carbons (Fsp3) is 0.353. The van der Waals surface area contributed by atoms with Gasteiger partial charge in [0.1, 0.15) is 29.4 Å². The lowest BCUT2D eigenvalue weighted by Crippen LogP contribution is -2.71. The molecule has 2 amide bonds. The molecule has 16 heteroatoms. The molecule has 2 aliphatic rings. The van der Waals surface area contributed by atoms with Gasteiger partial charge in [0.25, 0.3) is 11.8 Å². The molecular formula is C17H17N5O9S2. The minimum absolute atomic E-state index is 0.00935. The highest BCUT2D eigenvalue weighted by molar-refractivity contribution is 8.00. The molecular weight excluding hydrogens is 482 g/mol. The first-order valence-corrected chi connectivity index (χ1v) is 11.0. The van der Waals surface area contributed by atoms with Crippen molar-refractivity contribution in [2.45, 2.75) is 18.3 Å². The predicted octanol–water partition coefficient (Wildman–Crippen LogP) is -1.17. The van der Waals surface area contributed by atoms with Crippen LogP contribution >= 0.6 is 23.1 Å². The van der Waals surface area contributed by atoms with Crippen molar-refractivity contribution in [3.63, 3.8) is 0 Å². The van der Waals surface area contributed by atoms with E-state index in [1.807, 2.05) is 0 Å². The highest BCUT2D eigenvalue weighted by Crippen LogP contribution is 2.40. The number of ether oxygens (including phenoxy) is 1. The lowest BCUT2D eigenvalue weighted by atomic mass is 10.0. The van der Waals surface area contributed by atoms with E-state index in [0.717, 1.165) is 16.2 Å². The molecule has 33 heavy (non-hydrogen) atoms. The number of thioether (sulfide) groups is 1. The third-order valence-corrected chi connectivity index (χ3v) is 6.32. The zero-order chi connectivity index (χ0) is 24.3. The number of rotatable bonds is 9. The molecule has 0 aliphatic carbocycles. The van der Waals surface area contributed by atoms with Crippen LogP contribution in [0.1, 0.15) is 12.6 Å². The van der Waals surface area contributed by atoms with E-state index < -0.39 is 53.5 Å². The number of nitrogens with two attached hydrogens (primary N) is 1. The van der Waals surface area contributed by atoms with Gasteiger partial charge in [0.15, 0.2) is 10.8 Å². The Hall–Kier alpha value is -3.66. The molecule has 1 aromatic rings. The molecule has 1 saturated heterocycles. The van der Waals surface area contributed by atoms with E-state index in [-0.39, 0.29) is 34.5 Å². The minimum atomic E-state index is -1.37. The highest BCUT2D eigenvalue weighted by atomic mass is 32.2. The molecule has 2 atom stereocenters. The number of nitrogens with one attached hydrogen (secondary N) is 1. The Morgan fingerprint density at radius 1 is 1.36 bits per heavy atom. The molecule has 1 fully saturated rings. The van der Waals surface area contributed by atoms with Crippen LogP contribution in [0.15, 0.2) is 21.8 Å². The van der Waals surface area contributed by atoms with E-state index >= 15 is 0 Å². The number of carboxylic acids is 2. The zero-order valence-corrected chi connectivity index (χ0v) is 18.5. The van der Waals surface area contributed by atoms with E-state index in [4.69, 9.17) is 15.6 Å². The standard InChI is InChI=1S/C17H17N5O9S2/c1-6(23)30-2-7-4-32-15-11(14(27)22(15)12(7)16(28)29)20-13(26)10(21-31-3-9(24)25)8-5-33-17(18)19-8/h5,11,15H,2-4H2,1H3,(H2,18,19)(H,20,26)(H,24,25)(H,28,29)/t11?,15-/m0/s1. The third kappa shape index (κ3) is 5.23. The lowest BCUT2D eigenvalue weighted by molar-refractivity contribution is -0.150. The summed E-state index contributed by atoms with van der Waals surface area (Å²) in [5.41, 5.74) is 5.12. The molecule has 5 N–H and O–H groups in total. The number of amides is 2. The first-order chi connectivity index (χ1) is 15.6. The second kappa shape index (κ2) is 9.86. The number of anilines is 1. The topological polar surface area (TPSA) is 211 Å². The number of esters is 1. The average Bonchev–Trinajstić information content (AvgIpc) is 3.17. The number of aromatic nitrogens is 1. The van der Waals surface area contributed by atoms with E-state index in [2.05, 4.69) is 20.3 Å². The van der Waals surface area contributed by atoms with Gasteiger partial charge in [-0.2, -0.15) is 0 Å². The van der Waals surface area contributed by atoms with E-state index in [1.54, 1.807) is 0 Å². The Bertz CT molecular complexity index is 1080. The van der Waals surface area contributed by atoms with Gasteiger partial charge < -0.3 is 30.8 Å². The summed E-state index contributed by atoms with van der Waals surface area (Å²) in [4.78, 5) is 68.5. The average molecular weight is 499 g/mol. The summed E-state index contributed by atoms with van der Waals surface area (Å²) in [6.45, 7) is 0.0821. The minimum Gasteiger partial charge on any atom is -0.479 e. The number of oxime groups is 1. The molecule has 2 aliphatic heterocycles. The Labute approximate surface area is 193 Å². The van der Waals surface area contributed by atoms with Crippen molar-refractivity contribution in [1.82, 2.24) is 15.2 Å². The number of hydrogen-bond donors (Lipinski definition) is 4. The number of β-lactam (4-membered cyclic amide) rings is 1. The summed E-state index contributed by atoms with van der Waals surface area (Å²) in [6, 6.07) is -1.09. The molecule has 0 saturated carbocycles. The molecule has 3 heterocycles. The Morgan fingerprint density at radius 2 is 2.09 bits per heavy atom. The summed E-state index contributed by atoms with van der Waals surface area (Å²) in [5, 5.41) is 25.0.